The SMILES string of the molecule is Cn1cc(Cl)cc1C(=O)Nc1cccc(NS(N)(=O)=O)c1. The number of amides is 1. The molecule has 21 heavy (non-hydrogen) atoms. The molecular formula is C12H13ClN4O3S. The molecule has 0 aliphatic heterocycles. The average molecular weight is 329 g/mol. The number of carbonyl (C=O) groups is 1. The van der Waals surface area contributed by atoms with Crippen molar-refractivity contribution in [2.24, 2.45) is 12.2 Å². The highest BCUT2D eigenvalue weighted by molar-refractivity contribution is 7.90. The van der Waals surface area contributed by atoms with Crippen LogP contribution in [0, 0.1) is 0 Å². The van der Waals surface area contributed by atoms with Crippen molar-refractivity contribution >= 4 is 39.1 Å². The van der Waals surface area contributed by atoms with Gasteiger partial charge in [0.25, 0.3) is 16.1 Å². The number of aryl methyl sites for hydroxylation is 1. The molecule has 1 amide bonds. The van der Waals surface area contributed by atoms with Gasteiger partial charge in [-0.15, -0.1) is 0 Å². The molecule has 1 heterocycles. The quantitative estimate of drug-likeness (QED) is 0.792. The molecule has 9 heteroatoms. The second-order valence-electron chi connectivity index (χ2n) is 4.34. The number of nitrogens with two attached hydrogens (primary N) is 1. The van der Waals surface area contributed by atoms with E-state index < -0.39 is 10.2 Å². The fourth-order valence-electron chi connectivity index (χ4n) is 1.77. The molecule has 112 valence electrons. The Morgan fingerprint density at radius 1 is 1.29 bits per heavy atom. The van der Waals surface area contributed by atoms with Gasteiger partial charge >= 0.3 is 0 Å². The van der Waals surface area contributed by atoms with Crippen LogP contribution in [0.25, 0.3) is 0 Å². The van der Waals surface area contributed by atoms with Crippen LogP contribution >= 0.6 is 11.6 Å². The molecule has 2 aromatic rings. The van der Waals surface area contributed by atoms with Crippen molar-refractivity contribution in [2.45, 2.75) is 0 Å². The van der Waals surface area contributed by atoms with Crippen LogP contribution in [-0.2, 0) is 17.3 Å². The van der Waals surface area contributed by atoms with Crippen molar-refractivity contribution in [3.8, 4) is 0 Å². The molecule has 0 unspecified atom stereocenters. The zero-order valence-corrected chi connectivity index (χ0v) is 12.6. The molecule has 4 N–H and O–H groups in total. The molecule has 0 saturated heterocycles. The second-order valence-corrected chi connectivity index (χ2v) is 6.07. The van der Waals surface area contributed by atoms with E-state index in [1.54, 1.807) is 29.9 Å². The fourth-order valence-corrected chi connectivity index (χ4v) is 2.48. The van der Waals surface area contributed by atoms with E-state index in [1.807, 2.05) is 0 Å². The van der Waals surface area contributed by atoms with E-state index in [4.69, 9.17) is 16.7 Å². The third-order valence-electron chi connectivity index (χ3n) is 2.58. The second kappa shape index (κ2) is 5.76. The van der Waals surface area contributed by atoms with Crippen LogP contribution in [0.4, 0.5) is 11.4 Å². The third kappa shape index (κ3) is 4.22. The Labute approximate surface area is 126 Å². The Morgan fingerprint density at radius 2 is 1.95 bits per heavy atom. The van der Waals surface area contributed by atoms with Gasteiger partial charge in [-0.1, -0.05) is 17.7 Å². The number of hydrogen-bond acceptors (Lipinski definition) is 3. The van der Waals surface area contributed by atoms with Crippen LogP contribution in [0.1, 0.15) is 10.5 Å². The van der Waals surface area contributed by atoms with Crippen molar-refractivity contribution in [3.63, 3.8) is 0 Å². The lowest BCUT2D eigenvalue weighted by Gasteiger charge is -2.08. The molecule has 0 aliphatic carbocycles. The minimum absolute atomic E-state index is 0.250. The van der Waals surface area contributed by atoms with Gasteiger partial charge < -0.3 is 9.88 Å². The van der Waals surface area contributed by atoms with Gasteiger partial charge in [-0.3, -0.25) is 9.52 Å². The van der Waals surface area contributed by atoms with E-state index in [1.165, 1.54) is 18.2 Å². The van der Waals surface area contributed by atoms with Gasteiger partial charge in [-0.25, -0.2) is 5.14 Å². The maximum Gasteiger partial charge on any atom is 0.296 e. The normalized spacial score (nSPS) is 11.2. The Bertz CT molecular complexity index is 786. The van der Waals surface area contributed by atoms with E-state index in [9.17, 15) is 13.2 Å². The number of hydrogen-bond donors (Lipinski definition) is 3. The standard InChI is InChI=1S/C12H13ClN4O3S/c1-17-7-8(13)5-11(17)12(18)15-9-3-2-4-10(6-9)16-21(14,19)20/h2-7,16H,1H3,(H,15,18)(H2,14,19,20). The summed E-state index contributed by atoms with van der Waals surface area (Å²) in [6.45, 7) is 0. The predicted molar refractivity (Wildman–Crippen MR) is 81.5 cm³/mol. The summed E-state index contributed by atoms with van der Waals surface area (Å²) in [5.74, 6) is -0.364. The number of halogens is 1. The largest absolute Gasteiger partial charge is 0.345 e. The van der Waals surface area contributed by atoms with Gasteiger partial charge in [0.15, 0.2) is 0 Å². The van der Waals surface area contributed by atoms with E-state index >= 15 is 0 Å². The molecule has 0 saturated carbocycles. The van der Waals surface area contributed by atoms with E-state index in [0.717, 1.165) is 0 Å². The first-order chi connectivity index (χ1) is 9.74. The molecule has 0 fully saturated rings. The van der Waals surface area contributed by atoms with Crippen molar-refractivity contribution in [2.75, 3.05) is 10.0 Å². The zero-order valence-electron chi connectivity index (χ0n) is 11.0. The highest BCUT2D eigenvalue weighted by Gasteiger charge is 2.12. The lowest BCUT2D eigenvalue weighted by atomic mass is 10.2. The molecule has 0 bridgehead atoms. The summed E-state index contributed by atoms with van der Waals surface area (Å²) >= 11 is 5.82. The molecule has 2 rings (SSSR count). The summed E-state index contributed by atoms with van der Waals surface area (Å²) in [7, 11) is -2.17. The number of aromatic nitrogens is 1. The van der Waals surface area contributed by atoms with Gasteiger partial charge in [0.2, 0.25) is 0 Å². The monoisotopic (exact) mass is 328 g/mol. The van der Waals surface area contributed by atoms with E-state index in [0.29, 0.717) is 16.4 Å². The van der Waals surface area contributed by atoms with Crippen LogP contribution in [0.3, 0.4) is 0 Å². The van der Waals surface area contributed by atoms with Gasteiger partial charge in [-0.05, 0) is 24.3 Å². The smallest absolute Gasteiger partial charge is 0.296 e. The lowest BCUT2D eigenvalue weighted by molar-refractivity contribution is 0.101. The predicted octanol–water partition coefficient (Wildman–Crippen LogP) is 1.55. The maximum atomic E-state index is 12.1. The summed E-state index contributed by atoms with van der Waals surface area (Å²) in [6.07, 6.45) is 1.61. The number of nitrogens with one attached hydrogen (secondary N) is 2. The minimum Gasteiger partial charge on any atom is -0.345 e. The Kier molecular flexibility index (Phi) is 4.21. The summed E-state index contributed by atoms with van der Waals surface area (Å²) < 4.78 is 25.6. The first-order valence-corrected chi connectivity index (χ1v) is 7.71. The summed E-state index contributed by atoms with van der Waals surface area (Å²) in [4.78, 5) is 12.1. The van der Waals surface area contributed by atoms with Gasteiger partial charge in [0, 0.05) is 18.9 Å². The fraction of sp³-hybridized carbons (Fsp3) is 0.0833. The number of anilines is 2. The number of carbonyl (C=O) groups excluding carboxylic acids is 1. The van der Waals surface area contributed by atoms with Crippen LogP contribution in [0.15, 0.2) is 36.5 Å². The lowest BCUT2D eigenvalue weighted by Crippen LogP contribution is -2.21. The molecule has 0 atom stereocenters. The minimum atomic E-state index is -3.86. The van der Waals surface area contributed by atoms with Crippen LogP contribution in [-0.4, -0.2) is 18.9 Å². The average Bonchev–Trinajstić information content (AvgIpc) is 2.66. The first-order valence-electron chi connectivity index (χ1n) is 5.78. The Morgan fingerprint density at radius 3 is 2.52 bits per heavy atom. The molecule has 1 aromatic carbocycles. The number of benzene rings is 1. The maximum absolute atomic E-state index is 12.1. The van der Waals surface area contributed by atoms with E-state index in [2.05, 4.69) is 10.0 Å². The van der Waals surface area contributed by atoms with Crippen molar-refractivity contribution < 1.29 is 13.2 Å². The molecule has 1 aromatic heterocycles. The van der Waals surface area contributed by atoms with Gasteiger partial charge in [-0.2, -0.15) is 8.42 Å². The van der Waals surface area contributed by atoms with Crippen molar-refractivity contribution in [1.29, 1.82) is 0 Å². The molecule has 0 radical (unpaired) electrons. The summed E-state index contributed by atoms with van der Waals surface area (Å²) in [5.41, 5.74) is 1.05. The van der Waals surface area contributed by atoms with Crippen molar-refractivity contribution in [3.05, 3.63) is 47.2 Å². The van der Waals surface area contributed by atoms with E-state index in [-0.39, 0.29) is 11.6 Å². The molecular weight excluding hydrogens is 316 g/mol. The zero-order chi connectivity index (χ0) is 15.6. The Balaban J connectivity index is 2.18. The van der Waals surface area contributed by atoms with Crippen LogP contribution in [0.2, 0.25) is 5.02 Å². The topological polar surface area (TPSA) is 106 Å². The van der Waals surface area contributed by atoms with Crippen LogP contribution in [0.5, 0.6) is 0 Å². The van der Waals surface area contributed by atoms with Gasteiger partial charge in [0.1, 0.15) is 5.69 Å². The first kappa shape index (κ1) is 15.4. The number of rotatable bonds is 4. The Hall–Kier alpha value is -2.03. The van der Waals surface area contributed by atoms with Gasteiger partial charge in [0.05, 0.1) is 10.7 Å². The molecule has 0 aliphatic rings. The summed E-state index contributed by atoms with van der Waals surface area (Å²) in [6, 6.07) is 7.70. The van der Waals surface area contributed by atoms with Crippen LogP contribution < -0.4 is 15.2 Å². The highest BCUT2D eigenvalue weighted by atomic mass is 35.5. The number of nitrogens with zero attached hydrogens (tertiary/aromatic N) is 1. The third-order valence-corrected chi connectivity index (χ3v) is 3.31. The molecule has 7 nitrogen and oxygen atoms in total. The van der Waals surface area contributed by atoms with Crippen molar-refractivity contribution in [1.82, 2.24) is 4.57 Å². The highest BCUT2D eigenvalue weighted by Crippen LogP contribution is 2.18. The molecule has 0 spiro atoms. The summed E-state index contributed by atoms with van der Waals surface area (Å²) in [5, 5.41) is 7.98.